The zero-order chi connectivity index (χ0) is 15.6. The third kappa shape index (κ3) is 3.60. The lowest BCUT2D eigenvalue weighted by Gasteiger charge is -2.18. The van der Waals surface area contributed by atoms with Crippen molar-refractivity contribution in [2.75, 3.05) is 14.2 Å². The van der Waals surface area contributed by atoms with Gasteiger partial charge in [-0.25, -0.2) is 4.39 Å². The number of methoxy groups -OCH3 is 2. The maximum absolute atomic E-state index is 13.5. The van der Waals surface area contributed by atoms with E-state index in [1.54, 1.807) is 20.3 Å². The van der Waals surface area contributed by atoms with Crippen molar-refractivity contribution < 1.29 is 13.9 Å². The third-order valence-electron chi connectivity index (χ3n) is 3.01. The zero-order valence-corrected chi connectivity index (χ0v) is 16.1. The highest BCUT2D eigenvalue weighted by Gasteiger charge is 2.20. The highest BCUT2D eigenvalue weighted by Crippen LogP contribution is 2.43. The molecule has 0 fully saturated rings. The fourth-order valence-electron chi connectivity index (χ4n) is 1.96. The van der Waals surface area contributed by atoms with E-state index in [-0.39, 0.29) is 10.6 Å². The summed E-state index contributed by atoms with van der Waals surface area (Å²) in [6.45, 7) is 0. The van der Waals surface area contributed by atoms with Gasteiger partial charge in [0.25, 0.3) is 0 Å². The van der Waals surface area contributed by atoms with Crippen molar-refractivity contribution in [1.29, 1.82) is 0 Å². The third-order valence-corrected chi connectivity index (χ3v) is 5.34. The molecule has 0 saturated heterocycles. The van der Waals surface area contributed by atoms with E-state index in [0.29, 0.717) is 11.5 Å². The van der Waals surface area contributed by atoms with Crippen LogP contribution in [0.1, 0.15) is 16.0 Å². The molecule has 0 aliphatic carbocycles. The number of halogens is 4. The van der Waals surface area contributed by atoms with Crippen molar-refractivity contribution in [3.05, 3.63) is 56.2 Å². The second kappa shape index (κ2) is 7.11. The first-order valence-electron chi connectivity index (χ1n) is 5.98. The van der Waals surface area contributed by atoms with Crippen molar-refractivity contribution in [1.82, 2.24) is 0 Å². The number of hydrogen-bond acceptors (Lipinski definition) is 2. The van der Waals surface area contributed by atoms with E-state index in [2.05, 4.69) is 47.8 Å². The predicted molar refractivity (Wildman–Crippen MR) is 92.1 cm³/mol. The Morgan fingerprint density at radius 3 is 2.19 bits per heavy atom. The van der Waals surface area contributed by atoms with Crippen molar-refractivity contribution >= 4 is 47.8 Å². The Morgan fingerprint density at radius 1 is 0.905 bits per heavy atom. The second-order valence-corrected chi connectivity index (χ2v) is 6.88. The number of alkyl halides is 1. The highest BCUT2D eigenvalue weighted by molar-refractivity contribution is 9.11. The molecule has 0 amide bonds. The first-order valence-corrected chi connectivity index (χ1v) is 8.48. The molecule has 0 aliphatic rings. The average Bonchev–Trinajstić information content (AvgIpc) is 2.48. The maximum Gasteiger partial charge on any atom is 0.133 e. The van der Waals surface area contributed by atoms with Crippen LogP contribution in [0.3, 0.4) is 0 Å². The first kappa shape index (κ1) is 16.8. The van der Waals surface area contributed by atoms with Gasteiger partial charge in [0.2, 0.25) is 0 Å². The first-order chi connectivity index (χ1) is 9.97. The smallest absolute Gasteiger partial charge is 0.133 e. The summed E-state index contributed by atoms with van der Waals surface area (Å²) in [4.78, 5) is -0.237. The minimum absolute atomic E-state index is 0.237. The monoisotopic (exact) mass is 480 g/mol. The molecule has 0 bridgehead atoms. The van der Waals surface area contributed by atoms with Gasteiger partial charge in [0.1, 0.15) is 17.3 Å². The lowest BCUT2D eigenvalue weighted by Crippen LogP contribution is -2.00. The van der Waals surface area contributed by atoms with Crippen LogP contribution in [0.2, 0.25) is 0 Å². The van der Waals surface area contributed by atoms with Crippen LogP contribution >= 0.6 is 47.8 Å². The summed E-state index contributed by atoms with van der Waals surface area (Å²) in [6, 6.07) is 8.26. The van der Waals surface area contributed by atoms with E-state index in [9.17, 15) is 4.39 Å². The molecule has 2 rings (SSSR count). The van der Waals surface area contributed by atoms with E-state index < -0.39 is 0 Å². The maximum atomic E-state index is 13.5. The minimum atomic E-state index is -0.291. The standard InChI is InChI=1S/C15H12Br3FO2/c1-20-13-7-12(17)14(21-2)6-10(13)15(18)9-5-8(19)3-4-11(9)16/h3-7,15H,1-2H3. The molecular weight excluding hydrogens is 471 g/mol. The topological polar surface area (TPSA) is 18.5 Å². The Balaban J connectivity index is 2.56. The molecular formula is C15H12Br3FO2. The average molecular weight is 483 g/mol. The van der Waals surface area contributed by atoms with Crippen LogP contribution in [0.25, 0.3) is 0 Å². The van der Waals surface area contributed by atoms with E-state index >= 15 is 0 Å². The van der Waals surface area contributed by atoms with Gasteiger partial charge in [-0.15, -0.1) is 0 Å². The summed E-state index contributed by atoms with van der Waals surface area (Å²) >= 11 is 10.5. The van der Waals surface area contributed by atoms with Crippen LogP contribution in [0.5, 0.6) is 11.5 Å². The van der Waals surface area contributed by atoms with E-state index in [0.717, 1.165) is 20.1 Å². The molecule has 2 nitrogen and oxygen atoms in total. The van der Waals surface area contributed by atoms with Crippen LogP contribution in [0, 0.1) is 5.82 Å². The molecule has 2 aromatic rings. The van der Waals surface area contributed by atoms with Gasteiger partial charge in [-0.05, 0) is 51.8 Å². The fourth-order valence-corrected chi connectivity index (χ4v) is 3.96. The van der Waals surface area contributed by atoms with Crippen molar-refractivity contribution in [3.8, 4) is 11.5 Å². The fraction of sp³-hybridized carbons (Fsp3) is 0.200. The Kier molecular flexibility index (Phi) is 5.68. The van der Waals surface area contributed by atoms with Crippen LogP contribution in [-0.2, 0) is 0 Å². The summed E-state index contributed by atoms with van der Waals surface area (Å²) in [5.41, 5.74) is 1.63. The molecule has 1 unspecified atom stereocenters. The molecule has 0 aliphatic heterocycles. The Bertz CT molecular complexity index is 662. The second-order valence-electron chi connectivity index (χ2n) is 4.26. The summed E-state index contributed by atoms with van der Waals surface area (Å²) < 4.78 is 25.8. The van der Waals surface area contributed by atoms with E-state index in [4.69, 9.17) is 9.47 Å². The van der Waals surface area contributed by atoms with Gasteiger partial charge in [-0.3, -0.25) is 0 Å². The minimum Gasteiger partial charge on any atom is -0.496 e. The highest BCUT2D eigenvalue weighted by atomic mass is 79.9. The van der Waals surface area contributed by atoms with Gasteiger partial charge in [-0.1, -0.05) is 31.9 Å². The molecule has 1 atom stereocenters. The number of rotatable bonds is 4. The van der Waals surface area contributed by atoms with Crippen molar-refractivity contribution in [3.63, 3.8) is 0 Å². The molecule has 0 N–H and O–H groups in total. The van der Waals surface area contributed by atoms with Gasteiger partial charge in [-0.2, -0.15) is 0 Å². The predicted octanol–water partition coefficient (Wildman–Crippen LogP) is 5.85. The van der Waals surface area contributed by atoms with Crippen molar-refractivity contribution in [2.24, 2.45) is 0 Å². The lowest BCUT2D eigenvalue weighted by molar-refractivity contribution is 0.397. The van der Waals surface area contributed by atoms with Crippen LogP contribution < -0.4 is 9.47 Å². The molecule has 6 heteroatoms. The lowest BCUT2D eigenvalue weighted by atomic mass is 10.0. The molecule has 112 valence electrons. The van der Waals surface area contributed by atoms with Gasteiger partial charge in [0, 0.05) is 10.0 Å². The summed E-state index contributed by atoms with van der Waals surface area (Å²) in [7, 11) is 3.19. The molecule has 0 radical (unpaired) electrons. The Morgan fingerprint density at radius 2 is 1.57 bits per heavy atom. The van der Waals surface area contributed by atoms with Crippen LogP contribution in [0.4, 0.5) is 4.39 Å². The van der Waals surface area contributed by atoms with Crippen LogP contribution in [0.15, 0.2) is 39.3 Å². The molecule has 2 aromatic carbocycles. The molecule has 0 aromatic heterocycles. The zero-order valence-electron chi connectivity index (χ0n) is 11.3. The summed E-state index contributed by atoms with van der Waals surface area (Å²) in [5, 5.41) is 0. The number of benzene rings is 2. The summed E-state index contributed by atoms with van der Waals surface area (Å²) in [5.74, 6) is 1.07. The van der Waals surface area contributed by atoms with Gasteiger partial charge >= 0.3 is 0 Å². The molecule has 0 saturated carbocycles. The largest absolute Gasteiger partial charge is 0.496 e. The van der Waals surface area contributed by atoms with E-state index in [1.165, 1.54) is 12.1 Å². The van der Waals surface area contributed by atoms with Gasteiger partial charge < -0.3 is 9.47 Å². The number of hydrogen-bond donors (Lipinski definition) is 0. The Hall–Kier alpha value is -0.590. The van der Waals surface area contributed by atoms with Gasteiger partial charge in [0.05, 0.1) is 23.5 Å². The Labute approximate surface area is 148 Å². The van der Waals surface area contributed by atoms with Gasteiger partial charge in [0.15, 0.2) is 0 Å². The van der Waals surface area contributed by atoms with E-state index in [1.807, 2.05) is 12.1 Å². The molecule has 0 spiro atoms. The van der Waals surface area contributed by atoms with Crippen LogP contribution in [-0.4, -0.2) is 14.2 Å². The SMILES string of the molecule is COc1cc(C(Br)c2cc(F)ccc2Br)c(OC)cc1Br. The summed E-state index contributed by atoms with van der Waals surface area (Å²) in [6.07, 6.45) is 0. The normalized spacial score (nSPS) is 12.1. The number of ether oxygens (including phenoxy) is 2. The quantitative estimate of drug-likeness (QED) is 0.509. The van der Waals surface area contributed by atoms with Crippen molar-refractivity contribution in [2.45, 2.75) is 4.83 Å². The molecule has 21 heavy (non-hydrogen) atoms. The molecule has 0 heterocycles.